The normalized spacial score (nSPS) is 11.8. The van der Waals surface area contributed by atoms with E-state index in [4.69, 9.17) is 39.5 Å². The van der Waals surface area contributed by atoms with Gasteiger partial charge in [-0.25, -0.2) is 4.68 Å². The average Bonchev–Trinajstić information content (AvgIpc) is 2.83. The highest BCUT2D eigenvalue weighted by atomic mass is 35.5. The zero-order chi connectivity index (χ0) is 19.0. The molecule has 0 aliphatic rings. The van der Waals surface area contributed by atoms with E-state index in [1.54, 1.807) is 18.2 Å². The van der Waals surface area contributed by atoms with E-state index in [-0.39, 0.29) is 27.0 Å². The second-order valence-corrected chi connectivity index (χ2v) is 6.69. The Hall–Kier alpha value is -2.34. The minimum atomic E-state index is -0.381. The lowest BCUT2D eigenvalue weighted by Crippen LogP contribution is -2.34. The number of benzene rings is 2. The van der Waals surface area contributed by atoms with Crippen molar-refractivity contribution in [2.24, 2.45) is 0 Å². The molecule has 5 nitrogen and oxygen atoms in total. The monoisotopic (exact) mass is 410 g/mol. The number of ether oxygens (including phenoxy) is 1. The first-order valence-corrected chi connectivity index (χ1v) is 8.49. The van der Waals surface area contributed by atoms with E-state index >= 15 is 0 Å². The number of rotatable bonds is 3. The van der Waals surface area contributed by atoms with Crippen LogP contribution in [0.4, 0.5) is 0 Å². The topological polar surface area (TPSA) is 67.2 Å². The SMILES string of the molecule is C=c1[nH]n(-c2c(Cl)cc(Cl)cc2Cl)c(=O)/c1=C/c1ccc(O)c(OC)c1. The number of hydrogen-bond acceptors (Lipinski definition) is 3. The van der Waals surface area contributed by atoms with Crippen LogP contribution in [-0.2, 0) is 0 Å². The van der Waals surface area contributed by atoms with E-state index in [0.29, 0.717) is 26.9 Å². The highest BCUT2D eigenvalue weighted by Crippen LogP contribution is 2.30. The molecule has 26 heavy (non-hydrogen) atoms. The van der Waals surface area contributed by atoms with Crippen molar-refractivity contribution in [1.29, 1.82) is 0 Å². The Balaban J connectivity index is 2.22. The van der Waals surface area contributed by atoms with E-state index in [1.165, 1.54) is 30.0 Å². The molecule has 0 fully saturated rings. The maximum Gasteiger partial charge on any atom is 0.279 e. The van der Waals surface area contributed by atoms with Crippen LogP contribution in [0.15, 0.2) is 35.1 Å². The number of methoxy groups -OCH3 is 1. The van der Waals surface area contributed by atoms with Gasteiger partial charge in [-0.2, -0.15) is 0 Å². The van der Waals surface area contributed by atoms with Crippen molar-refractivity contribution in [3.63, 3.8) is 0 Å². The van der Waals surface area contributed by atoms with Gasteiger partial charge in [-0.1, -0.05) is 47.4 Å². The van der Waals surface area contributed by atoms with Crippen LogP contribution < -0.4 is 20.9 Å². The quantitative estimate of drug-likeness (QED) is 0.696. The summed E-state index contributed by atoms with van der Waals surface area (Å²) in [5.74, 6) is 0.301. The third kappa shape index (κ3) is 3.33. The summed E-state index contributed by atoms with van der Waals surface area (Å²) < 4.78 is 6.29. The molecule has 0 bridgehead atoms. The van der Waals surface area contributed by atoms with Crippen LogP contribution in [0, 0.1) is 0 Å². The van der Waals surface area contributed by atoms with Gasteiger partial charge < -0.3 is 9.84 Å². The molecule has 134 valence electrons. The standard InChI is InChI=1S/C18H13Cl3N2O3/c1-9-12(5-10-3-4-15(24)16(6-10)26-2)18(25)23(22-9)17-13(20)7-11(19)8-14(17)21/h3-8,22,24H,1H2,2H3/b12-5+. The summed E-state index contributed by atoms with van der Waals surface area (Å²) in [7, 11) is 1.44. The Morgan fingerprint density at radius 1 is 1.19 bits per heavy atom. The molecule has 0 atom stereocenters. The van der Waals surface area contributed by atoms with Gasteiger partial charge in [0.05, 0.1) is 27.7 Å². The van der Waals surface area contributed by atoms with Crippen molar-refractivity contribution in [2.75, 3.05) is 7.11 Å². The van der Waals surface area contributed by atoms with Crippen LogP contribution in [0.2, 0.25) is 15.1 Å². The third-order valence-corrected chi connectivity index (χ3v) is 4.52. The van der Waals surface area contributed by atoms with Crippen molar-refractivity contribution in [2.45, 2.75) is 0 Å². The average molecular weight is 412 g/mol. The van der Waals surface area contributed by atoms with Gasteiger partial charge in [0, 0.05) is 5.02 Å². The van der Waals surface area contributed by atoms with Gasteiger partial charge in [-0.3, -0.25) is 9.89 Å². The van der Waals surface area contributed by atoms with E-state index in [2.05, 4.69) is 11.7 Å². The van der Waals surface area contributed by atoms with Gasteiger partial charge in [0.2, 0.25) is 0 Å². The third-order valence-electron chi connectivity index (χ3n) is 3.73. The Kier molecular flexibility index (Phi) is 5.05. The predicted octanol–water partition coefficient (Wildman–Crippen LogP) is 3.08. The molecule has 8 heteroatoms. The number of aromatic amines is 1. The number of nitrogens with one attached hydrogen (secondary N) is 1. The number of aromatic hydroxyl groups is 1. The van der Waals surface area contributed by atoms with Gasteiger partial charge in [-0.05, 0) is 35.9 Å². The van der Waals surface area contributed by atoms with Crippen molar-refractivity contribution in [3.8, 4) is 17.2 Å². The lowest BCUT2D eigenvalue weighted by atomic mass is 10.1. The molecule has 3 rings (SSSR count). The van der Waals surface area contributed by atoms with Crippen LogP contribution >= 0.6 is 34.8 Å². The molecule has 2 N–H and O–H groups in total. The molecule has 3 aromatic rings. The molecule has 1 heterocycles. The number of phenolic OH excluding ortho intramolecular Hbond substituents is 1. The van der Waals surface area contributed by atoms with E-state index in [9.17, 15) is 9.90 Å². The number of H-pyrrole nitrogens is 1. The summed E-state index contributed by atoms with van der Waals surface area (Å²) in [4.78, 5) is 12.8. The minimum Gasteiger partial charge on any atom is -0.504 e. The molecule has 0 unspecified atom stereocenters. The van der Waals surface area contributed by atoms with Gasteiger partial charge >= 0.3 is 0 Å². The fourth-order valence-electron chi connectivity index (χ4n) is 2.50. The van der Waals surface area contributed by atoms with E-state index in [1.807, 2.05) is 0 Å². The highest BCUT2D eigenvalue weighted by molar-refractivity contribution is 6.40. The summed E-state index contributed by atoms with van der Waals surface area (Å²) in [6.45, 7) is 3.86. The number of halogens is 3. The Labute approximate surface area is 163 Å². The molecule has 2 aromatic carbocycles. The first-order valence-electron chi connectivity index (χ1n) is 7.35. The van der Waals surface area contributed by atoms with Crippen molar-refractivity contribution < 1.29 is 9.84 Å². The minimum absolute atomic E-state index is 0.00528. The molecule has 0 aliphatic carbocycles. The first-order chi connectivity index (χ1) is 12.3. The molecule has 0 saturated carbocycles. The number of nitrogens with zero attached hydrogens (tertiary/aromatic N) is 1. The largest absolute Gasteiger partial charge is 0.504 e. The summed E-state index contributed by atoms with van der Waals surface area (Å²) in [6.07, 6.45) is 1.62. The Bertz CT molecular complexity index is 1140. The molecule has 0 radical (unpaired) electrons. The van der Waals surface area contributed by atoms with Crippen molar-refractivity contribution >= 4 is 47.5 Å². The van der Waals surface area contributed by atoms with E-state index in [0.717, 1.165) is 0 Å². The fourth-order valence-corrected chi connectivity index (χ4v) is 3.49. The molecule has 0 saturated heterocycles. The molecule has 0 spiro atoms. The molecular formula is C18H13Cl3N2O3. The fraction of sp³-hybridized carbons (Fsp3) is 0.0556. The van der Waals surface area contributed by atoms with Crippen LogP contribution in [0.1, 0.15) is 5.56 Å². The van der Waals surface area contributed by atoms with Gasteiger partial charge in [0.1, 0.15) is 5.69 Å². The second kappa shape index (κ2) is 7.11. The van der Waals surface area contributed by atoms with Gasteiger partial charge in [0.15, 0.2) is 11.5 Å². The first kappa shape index (κ1) is 18.5. The van der Waals surface area contributed by atoms with Crippen molar-refractivity contribution in [1.82, 2.24) is 9.78 Å². The van der Waals surface area contributed by atoms with Gasteiger partial charge in [-0.15, -0.1) is 0 Å². The second-order valence-electron chi connectivity index (χ2n) is 5.44. The van der Waals surface area contributed by atoms with Gasteiger partial charge in [0.25, 0.3) is 5.56 Å². The lowest BCUT2D eigenvalue weighted by molar-refractivity contribution is 0.373. The number of phenols is 1. The summed E-state index contributed by atoms with van der Waals surface area (Å²) >= 11 is 18.3. The van der Waals surface area contributed by atoms with Crippen LogP contribution in [-0.4, -0.2) is 22.0 Å². The molecular weight excluding hydrogens is 399 g/mol. The Morgan fingerprint density at radius 3 is 2.46 bits per heavy atom. The smallest absolute Gasteiger partial charge is 0.279 e. The van der Waals surface area contributed by atoms with Crippen molar-refractivity contribution in [3.05, 3.63) is 71.9 Å². The summed E-state index contributed by atoms with van der Waals surface area (Å²) in [5, 5.41) is 14.1. The highest BCUT2D eigenvalue weighted by Gasteiger charge is 2.14. The van der Waals surface area contributed by atoms with Crippen LogP contribution in [0.3, 0.4) is 0 Å². The van der Waals surface area contributed by atoms with Crippen LogP contribution in [0.25, 0.3) is 18.3 Å². The van der Waals surface area contributed by atoms with E-state index < -0.39 is 0 Å². The number of aromatic nitrogens is 2. The lowest BCUT2D eigenvalue weighted by Gasteiger charge is -2.07. The maximum atomic E-state index is 12.8. The molecule has 1 aromatic heterocycles. The van der Waals surface area contributed by atoms with Crippen LogP contribution in [0.5, 0.6) is 11.5 Å². The number of hydrogen-bond donors (Lipinski definition) is 2. The Morgan fingerprint density at radius 2 is 1.85 bits per heavy atom. The predicted molar refractivity (Wildman–Crippen MR) is 104 cm³/mol. The zero-order valence-electron chi connectivity index (χ0n) is 13.5. The summed E-state index contributed by atoms with van der Waals surface area (Å²) in [5.41, 5.74) is 0.560. The molecule has 0 aliphatic heterocycles. The molecule has 0 amide bonds. The summed E-state index contributed by atoms with van der Waals surface area (Å²) in [6, 6.07) is 7.72. The maximum absolute atomic E-state index is 12.8. The zero-order valence-corrected chi connectivity index (χ0v) is 15.8.